The van der Waals surface area contributed by atoms with Gasteiger partial charge in [-0.1, -0.05) is 0 Å². The molecule has 3 aliphatic heterocycles. The fraction of sp³-hybridized carbons (Fsp3) is 0.650. The summed E-state index contributed by atoms with van der Waals surface area (Å²) < 4.78 is 34.0. The second-order valence-corrected chi connectivity index (χ2v) is 10.3. The normalized spacial score (nSPS) is 28.4. The second kappa shape index (κ2) is 7.54. The third kappa shape index (κ3) is 3.43. The lowest BCUT2D eigenvalue weighted by atomic mass is 9.69. The fourth-order valence-electron chi connectivity index (χ4n) is 5.04. The van der Waals surface area contributed by atoms with E-state index < -0.39 is 10.0 Å². The summed E-state index contributed by atoms with van der Waals surface area (Å²) in [5, 5.41) is 10.1. The number of carbonyl (C=O) groups excluding carboxylic acids is 1. The monoisotopic (exact) mass is 423 g/mol. The highest BCUT2D eigenvalue weighted by Gasteiger charge is 2.48. The van der Waals surface area contributed by atoms with E-state index in [9.17, 15) is 18.3 Å². The van der Waals surface area contributed by atoms with Gasteiger partial charge in [0.1, 0.15) is 12.4 Å². The van der Waals surface area contributed by atoms with Crippen LogP contribution in [-0.2, 0) is 14.8 Å². The van der Waals surface area contributed by atoms with Crippen LogP contribution in [0.15, 0.2) is 23.1 Å². The number of benzene rings is 1. The van der Waals surface area contributed by atoms with Gasteiger partial charge >= 0.3 is 0 Å². The average Bonchev–Trinajstić information content (AvgIpc) is 2.72. The summed E-state index contributed by atoms with van der Waals surface area (Å²) in [6.07, 6.45) is 2.59. The molecule has 0 aromatic heterocycles. The van der Waals surface area contributed by atoms with Crippen LogP contribution in [-0.4, -0.2) is 81.1 Å². The topological polar surface area (TPSA) is 90.4 Å². The van der Waals surface area contributed by atoms with Crippen molar-refractivity contribution >= 4 is 21.6 Å². The van der Waals surface area contributed by atoms with Gasteiger partial charge in [-0.05, 0) is 51.1 Å². The zero-order valence-corrected chi connectivity index (χ0v) is 17.8. The maximum absolute atomic E-state index is 13.4. The molecule has 29 heavy (non-hydrogen) atoms. The average molecular weight is 424 g/mol. The summed E-state index contributed by atoms with van der Waals surface area (Å²) in [5.74, 6) is 0.383. The Morgan fingerprint density at radius 1 is 1.28 bits per heavy atom. The van der Waals surface area contributed by atoms with E-state index >= 15 is 0 Å². The number of likely N-dealkylation sites (tertiary alicyclic amines) is 1. The zero-order chi connectivity index (χ0) is 20.8. The van der Waals surface area contributed by atoms with Crippen LogP contribution in [0.1, 0.15) is 26.2 Å². The number of sulfonamides is 1. The summed E-state index contributed by atoms with van der Waals surface area (Å²) in [5.41, 5.74) is 0.273. The van der Waals surface area contributed by atoms with Crippen molar-refractivity contribution in [1.82, 2.24) is 9.21 Å². The molecule has 0 saturated carbocycles. The molecular formula is C20H29N3O5S. The number of anilines is 1. The summed E-state index contributed by atoms with van der Waals surface area (Å²) in [6, 6.07) is 4.73. The Labute approximate surface area is 172 Å². The van der Waals surface area contributed by atoms with Crippen LogP contribution in [0.25, 0.3) is 0 Å². The molecule has 160 valence electrons. The standard InChI is InChI=1S/C20H29N3O5S/c1-15(25)23-10-11-28-18-5-4-16(12-17(18)23)29(26,27)22-9-7-20(14-24)6-3-8-21(2)19(20)13-22/h4-5,12,19,24H,3,6-11,13-14H2,1-2H3/t19-,20-/m1/s1. The smallest absolute Gasteiger partial charge is 0.243 e. The number of piperidine rings is 2. The molecular weight excluding hydrogens is 394 g/mol. The van der Waals surface area contributed by atoms with Crippen LogP contribution in [0.3, 0.4) is 0 Å². The van der Waals surface area contributed by atoms with E-state index in [2.05, 4.69) is 4.90 Å². The van der Waals surface area contributed by atoms with E-state index in [-0.39, 0.29) is 28.9 Å². The van der Waals surface area contributed by atoms with Crippen LogP contribution >= 0.6 is 0 Å². The number of fused-ring (bicyclic) bond motifs is 2. The van der Waals surface area contributed by atoms with Crippen molar-refractivity contribution in [1.29, 1.82) is 0 Å². The van der Waals surface area contributed by atoms with E-state index in [4.69, 9.17) is 4.74 Å². The molecule has 2 saturated heterocycles. The van der Waals surface area contributed by atoms with Crippen molar-refractivity contribution in [3.05, 3.63) is 18.2 Å². The molecule has 1 aromatic carbocycles. The van der Waals surface area contributed by atoms with E-state index in [0.717, 1.165) is 19.4 Å². The summed E-state index contributed by atoms with van der Waals surface area (Å²) in [4.78, 5) is 15.9. The predicted molar refractivity (Wildman–Crippen MR) is 109 cm³/mol. The van der Waals surface area contributed by atoms with Gasteiger partial charge in [0.05, 0.1) is 23.7 Å². The van der Waals surface area contributed by atoms with Crippen molar-refractivity contribution in [3.8, 4) is 5.75 Å². The molecule has 2 atom stereocenters. The fourth-order valence-corrected chi connectivity index (χ4v) is 6.51. The number of ether oxygens (including phenoxy) is 1. The molecule has 2 fully saturated rings. The largest absolute Gasteiger partial charge is 0.490 e. The van der Waals surface area contributed by atoms with Crippen LogP contribution in [0.2, 0.25) is 0 Å². The molecule has 0 unspecified atom stereocenters. The van der Waals surface area contributed by atoms with Crippen LogP contribution in [0.5, 0.6) is 5.75 Å². The van der Waals surface area contributed by atoms with Crippen LogP contribution in [0, 0.1) is 5.41 Å². The van der Waals surface area contributed by atoms with Gasteiger partial charge in [-0.15, -0.1) is 0 Å². The third-order valence-corrected chi connectivity index (χ3v) is 8.65. The Balaban J connectivity index is 1.64. The first-order valence-corrected chi connectivity index (χ1v) is 11.6. The van der Waals surface area contributed by atoms with Crippen molar-refractivity contribution in [3.63, 3.8) is 0 Å². The number of amides is 1. The first-order valence-electron chi connectivity index (χ1n) is 10.1. The quantitative estimate of drug-likeness (QED) is 0.777. The van der Waals surface area contributed by atoms with Gasteiger partial charge in [-0.3, -0.25) is 4.79 Å². The number of likely N-dealkylation sites (N-methyl/N-ethyl adjacent to an activating group) is 1. The molecule has 1 amide bonds. The third-order valence-electron chi connectivity index (χ3n) is 6.79. The lowest BCUT2D eigenvalue weighted by Gasteiger charge is -2.53. The lowest BCUT2D eigenvalue weighted by molar-refractivity contribution is -0.116. The minimum Gasteiger partial charge on any atom is -0.490 e. The number of hydrogen-bond acceptors (Lipinski definition) is 6. The van der Waals surface area contributed by atoms with Crippen molar-refractivity contribution < 1.29 is 23.1 Å². The van der Waals surface area contributed by atoms with E-state index in [1.807, 2.05) is 7.05 Å². The number of aliphatic hydroxyl groups is 1. The molecule has 3 aliphatic rings. The molecule has 3 heterocycles. The van der Waals surface area contributed by atoms with Crippen LogP contribution < -0.4 is 9.64 Å². The minimum atomic E-state index is -3.72. The zero-order valence-electron chi connectivity index (χ0n) is 17.0. The maximum atomic E-state index is 13.4. The van der Waals surface area contributed by atoms with Crippen molar-refractivity contribution in [2.45, 2.75) is 37.1 Å². The Bertz CT molecular complexity index is 905. The number of nitrogens with zero attached hydrogens (tertiary/aromatic N) is 3. The van der Waals surface area contributed by atoms with E-state index in [1.165, 1.54) is 11.2 Å². The first-order chi connectivity index (χ1) is 13.8. The number of rotatable bonds is 3. The number of carbonyl (C=O) groups is 1. The molecule has 0 aliphatic carbocycles. The van der Waals surface area contributed by atoms with Crippen molar-refractivity contribution in [2.24, 2.45) is 5.41 Å². The molecule has 0 bridgehead atoms. The Hall–Kier alpha value is -1.68. The van der Waals surface area contributed by atoms with Gasteiger partial charge in [0.2, 0.25) is 15.9 Å². The van der Waals surface area contributed by atoms with Crippen LogP contribution in [0.4, 0.5) is 5.69 Å². The van der Waals surface area contributed by atoms with Gasteiger partial charge in [-0.25, -0.2) is 8.42 Å². The molecule has 1 N–H and O–H groups in total. The molecule has 8 nitrogen and oxygen atoms in total. The highest BCUT2D eigenvalue weighted by molar-refractivity contribution is 7.89. The SMILES string of the molecule is CC(=O)N1CCOc2ccc(S(=O)(=O)N3CC[C@@]4(CO)CCCN(C)[C@@H]4C3)cc21. The van der Waals surface area contributed by atoms with Gasteiger partial charge in [0, 0.05) is 31.5 Å². The molecule has 4 rings (SSSR count). The first kappa shape index (κ1) is 20.6. The molecule has 0 spiro atoms. The van der Waals surface area contributed by atoms with E-state index in [0.29, 0.717) is 44.1 Å². The van der Waals surface area contributed by atoms with Gasteiger partial charge < -0.3 is 19.6 Å². The Morgan fingerprint density at radius 3 is 2.79 bits per heavy atom. The Kier molecular flexibility index (Phi) is 5.35. The number of hydrogen-bond donors (Lipinski definition) is 1. The molecule has 0 radical (unpaired) electrons. The highest BCUT2D eigenvalue weighted by atomic mass is 32.2. The summed E-state index contributed by atoms with van der Waals surface area (Å²) >= 11 is 0. The summed E-state index contributed by atoms with van der Waals surface area (Å²) in [6.45, 7) is 4.00. The van der Waals surface area contributed by atoms with Gasteiger partial charge in [-0.2, -0.15) is 4.31 Å². The maximum Gasteiger partial charge on any atom is 0.243 e. The lowest BCUT2D eigenvalue weighted by Crippen LogP contribution is -2.62. The molecule has 1 aromatic rings. The molecule has 9 heteroatoms. The van der Waals surface area contributed by atoms with Gasteiger partial charge in [0.25, 0.3) is 0 Å². The highest BCUT2D eigenvalue weighted by Crippen LogP contribution is 2.43. The Morgan fingerprint density at radius 2 is 2.07 bits per heavy atom. The number of aliphatic hydroxyl groups excluding tert-OH is 1. The summed E-state index contributed by atoms with van der Waals surface area (Å²) in [7, 11) is -1.72. The minimum absolute atomic E-state index is 0.000506. The second-order valence-electron chi connectivity index (χ2n) is 8.38. The van der Waals surface area contributed by atoms with Gasteiger partial charge in [0.15, 0.2) is 0 Å². The van der Waals surface area contributed by atoms with E-state index in [1.54, 1.807) is 23.1 Å². The predicted octanol–water partition coefficient (Wildman–Crippen LogP) is 0.899. The van der Waals surface area contributed by atoms with Crippen molar-refractivity contribution in [2.75, 3.05) is 51.3 Å².